The van der Waals surface area contributed by atoms with Crippen LogP contribution in [0.1, 0.15) is 57.7 Å². The third-order valence-electron chi connectivity index (χ3n) is 6.21. The summed E-state index contributed by atoms with van der Waals surface area (Å²) >= 11 is 0. The van der Waals surface area contributed by atoms with Crippen molar-refractivity contribution in [3.8, 4) is 0 Å². The Kier molecular flexibility index (Phi) is 3.20. The molecule has 0 atom stereocenters. The maximum atomic E-state index is 13.1. The van der Waals surface area contributed by atoms with Crippen LogP contribution in [0.3, 0.4) is 0 Å². The Bertz CT molecular complexity index is 510. The van der Waals surface area contributed by atoms with E-state index in [4.69, 9.17) is 0 Å². The number of carbonyl (C=O) groups excluding carboxylic acids is 1. The van der Waals surface area contributed by atoms with Gasteiger partial charge in [-0.2, -0.15) is 0 Å². The molecule has 1 aromatic rings. The molecule has 0 amide bonds. The number of aromatic nitrogens is 2. The zero-order chi connectivity index (χ0) is 14.4. The summed E-state index contributed by atoms with van der Waals surface area (Å²) in [4.78, 5) is 17.5. The first-order chi connectivity index (χ1) is 10.2. The van der Waals surface area contributed by atoms with Crippen molar-refractivity contribution in [3.05, 3.63) is 18.2 Å². The Balaban J connectivity index is 1.53. The van der Waals surface area contributed by atoms with Crippen LogP contribution in [0.15, 0.2) is 12.4 Å². The largest absolute Gasteiger partial charge is 0.335 e. The average Bonchev–Trinajstić information content (AvgIpc) is 2.85. The van der Waals surface area contributed by atoms with Gasteiger partial charge >= 0.3 is 0 Å². The predicted octanol–water partition coefficient (Wildman–Crippen LogP) is 3.62. The van der Waals surface area contributed by atoms with Crippen LogP contribution in [0.2, 0.25) is 0 Å². The summed E-state index contributed by atoms with van der Waals surface area (Å²) in [6, 6.07) is 0. The Morgan fingerprint density at radius 3 is 2.43 bits per heavy atom. The van der Waals surface area contributed by atoms with E-state index in [1.165, 1.54) is 38.5 Å². The van der Waals surface area contributed by atoms with E-state index in [2.05, 4.69) is 16.5 Å². The van der Waals surface area contributed by atoms with Crippen LogP contribution in [0.25, 0.3) is 0 Å². The van der Waals surface area contributed by atoms with Gasteiger partial charge in [0.25, 0.3) is 0 Å². The van der Waals surface area contributed by atoms with Gasteiger partial charge in [0.15, 0.2) is 0 Å². The van der Waals surface area contributed by atoms with Crippen molar-refractivity contribution in [3.63, 3.8) is 0 Å². The third-order valence-corrected chi connectivity index (χ3v) is 6.21. The number of rotatable bonds is 5. The molecule has 21 heavy (non-hydrogen) atoms. The van der Waals surface area contributed by atoms with Gasteiger partial charge in [0.2, 0.25) is 0 Å². The maximum Gasteiger partial charge on any atom is 0.146 e. The van der Waals surface area contributed by atoms with E-state index < -0.39 is 0 Å². The summed E-state index contributed by atoms with van der Waals surface area (Å²) in [5, 5.41) is 0. The normalized spacial score (nSPS) is 37.1. The Morgan fingerprint density at radius 2 is 1.86 bits per heavy atom. The number of aryl methyl sites for hydroxylation is 1. The number of nitrogens with zero attached hydrogens (tertiary/aromatic N) is 2. The Labute approximate surface area is 127 Å². The first kappa shape index (κ1) is 13.5. The lowest BCUT2D eigenvalue weighted by Crippen LogP contribution is -2.50. The lowest BCUT2D eigenvalue weighted by Gasteiger charge is -2.56. The molecule has 3 heteroatoms. The van der Waals surface area contributed by atoms with Crippen molar-refractivity contribution in [1.29, 1.82) is 0 Å². The molecule has 0 unspecified atom stereocenters. The summed E-state index contributed by atoms with van der Waals surface area (Å²) in [5.74, 6) is 4.00. The highest BCUT2D eigenvalue weighted by molar-refractivity contribution is 5.86. The molecule has 4 bridgehead atoms. The number of carbonyl (C=O) groups is 1. The van der Waals surface area contributed by atoms with Crippen molar-refractivity contribution < 1.29 is 4.79 Å². The van der Waals surface area contributed by atoms with Crippen LogP contribution in [-0.2, 0) is 17.8 Å². The summed E-state index contributed by atoms with van der Waals surface area (Å²) in [6.45, 7) is 3.15. The van der Waals surface area contributed by atoms with Crippen LogP contribution in [0, 0.1) is 23.2 Å². The van der Waals surface area contributed by atoms with Gasteiger partial charge in [-0.05, 0) is 62.7 Å². The molecule has 3 nitrogen and oxygen atoms in total. The standard InChI is InChI=1S/C18H26N2O/c1-2-4-20-5-3-19-17(20)9-16(21)18-10-13-6-14(11-18)8-15(7-13)12-18/h3,5,13-15H,2,4,6-12H2,1H3. The Hall–Kier alpha value is -1.12. The van der Waals surface area contributed by atoms with Crippen molar-refractivity contribution in [2.75, 3.05) is 0 Å². The van der Waals surface area contributed by atoms with Crippen LogP contribution >= 0.6 is 0 Å². The van der Waals surface area contributed by atoms with Gasteiger partial charge in [-0.15, -0.1) is 0 Å². The van der Waals surface area contributed by atoms with Crippen LogP contribution in [0.4, 0.5) is 0 Å². The minimum Gasteiger partial charge on any atom is -0.335 e. The number of imidazole rings is 1. The molecule has 0 spiro atoms. The number of ketones is 1. The summed E-state index contributed by atoms with van der Waals surface area (Å²) in [7, 11) is 0. The van der Waals surface area contributed by atoms with E-state index in [-0.39, 0.29) is 5.41 Å². The summed E-state index contributed by atoms with van der Waals surface area (Å²) in [5.41, 5.74) is 0.0255. The van der Waals surface area contributed by atoms with E-state index in [0.29, 0.717) is 12.2 Å². The van der Waals surface area contributed by atoms with Gasteiger partial charge in [-0.3, -0.25) is 4.79 Å². The average molecular weight is 286 g/mol. The first-order valence-electron chi connectivity index (χ1n) is 8.72. The molecule has 4 fully saturated rings. The number of hydrogen-bond donors (Lipinski definition) is 0. The quantitative estimate of drug-likeness (QED) is 0.828. The lowest BCUT2D eigenvalue weighted by molar-refractivity contribution is -0.143. The highest BCUT2D eigenvalue weighted by Crippen LogP contribution is 2.60. The fraction of sp³-hybridized carbons (Fsp3) is 0.778. The van der Waals surface area contributed by atoms with Crippen molar-refractivity contribution >= 4 is 5.78 Å². The SMILES string of the molecule is CCCn1ccnc1CC(=O)C12CC3CC(CC(C3)C1)C2. The van der Waals surface area contributed by atoms with E-state index in [1.54, 1.807) is 0 Å². The number of Topliss-reactive ketones (excluding diaryl/α,β-unsaturated/α-hetero) is 1. The first-order valence-corrected chi connectivity index (χ1v) is 8.72. The van der Waals surface area contributed by atoms with Gasteiger partial charge in [-0.25, -0.2) is 4.98 Å². The fourth-order valence-electron chi connectivity index (χ4n) is 5.73. The minimum atomic E-state index is 0.0255. The van der Waals surface area contributed by atoms with E-state index >= 15 is 0 Å². The van der Waals surface area contributed by atoms with Crippen LogP contribution in [-0.4, -0.2) is 15.3 Å². The monoisotopic (exact) mass is 286 g/mol. The molecule has 0 saturated heterocycles. The second-order valence-corrected chi connectivity index (χ2v) is 7.83. The van der Waals surface area contributed by atoms with Crippen LogP contribution < -0.4 is 0 Å². The molecule has 4 aliphatic carbocycles. The molecule has 0 N–H and O–H groups in total. The third kappa shape index (κ3) is 2.25. The molecule has 0 aromatic carbocycles. The van der Waals surface area contributed by atoms with E-state index in [0.717, 1.165) is 36.5 Å². The predicted molar refractivity (Wildman–Crippen MR) is 81.8 cm³/mol. The minimum absolute atomic E-state index is 0.0255. The highest BCUT2D eigenvalue weighted by Gasteiger charge is 2.54. The zero-order valence-electron chi connectivity index (χ0n) is 13.1. The summed E-state index contributed by atoms with van der Waals surface area (Å²) < 4.78 is 2.17. The maximum absolute atomic E-state index is 13.1. The molecule has 1 heterocycles. The molecule has 4 saturated carbocycles. The van der Waals surface area contributed by atoms with E-state index in [9.17, 15) is 4.79 Å². The lowest BCUT2D eigenvalue weighted by atomic mass is 9.48. The van der Waals surface area contributed by atoms with Gasteiger partial charge in [0, 0.05) is 24.4 Å². The van der Waals surface area contributed by atoms with Crippen LogP contribution in [0.5, 0.6) is 0 Å². The second-order valence-electron chi connectivity index (χ2n) is 7.83. The van der Waals surface area contributed by atoms with Crippen molar-refractivity contribution in [2.24, 2.45) is 23.2 Å². The Morgan fingerprint density at radius 1 is 1.24 bits per heavy atom. The van der Waals surface area contributed by atoms with Gasteiger partial charge in [0.05, 0.1) is 6.42 Å². The molecule has 0 aliphatic heterocycles. The molecule has 5 rings (SSSR count). The molecular weight excluding hydrogens is 260 g/mol. The van der Waals surface area contributed by atoms with E-state index in [1.807, 2.05) is 12.4 Å². The fourth-order valence-corrected chi connectivity index (χ4v) is 5.73. The van der Waals surface area contributed by atoms with Crippen molar-refractivity contribution in [1.82, 2.24) is 9.55 Å². The zero-order valence-corrected chi connectivity index (χ0v) is 13.1. The topological polar surface area (TPSA) is 34.9 Å². The summed E-state index contributed by atoms with van der Waals surface area (Å²) in [6.07, 6.45) is 13.2. The molecule has 4 aliphatic rings. The smallest absolute Gasteiger partial charge is 0.146 e. The number of hydrogen-bond acceptors (Lipinski definition) is 2. The highest BCUT2D eigenvalue weighted by atomic mass is 16.1. The molecule has 1 aromatic heterocycles. The molecular formula is C18H26N2O. The van der Waals surface area contributed by atoms with Gasteiger partial charge in [0.1, 0.15) is 11.6 Å². The molecule has 114 valence electrons. The second kappa shape index (κ2) is 4.96. The van der Waals surface area contributed by atoms with Crippen molar-refractivity contribution in [2.45, 2.75) is 64.8 Å². The van der Waals surface area contributed by atoms with Gasteiger partial charge in [-0.1, -0.05) is 6.92 Å². The molecule has 0 radical (unpaired) electrons. The van der Waals surface area contributed by atoms with Gasteiger partial charge < -0.3 is 4.57 Å².